The highest BCUT2D eigenvalue weighted by Gasteiger charge is 2.13. The second-order valence-electron chi connectivity index (χ2n) is 3.18. The topological polar surface area (TPSA) is 39.7 Å². The Morgan fingerprint density at radius 2 is 2.23 bits per heavy atom. The Morgan fingerprint density at radius 3 is 2.92 bits per heavy atom. The Morgan fingerprint density at radius 1 is 1.31 bits per heavy atom. The molecule has 0 aromatic heterocycles. The summed E-state index contributed by atoms with van der Waals surface area (Å²) in [5.74, 6) is 0. The molecule has 1 rings (SSSR count). The van der Waals surface area contributed by atoms with Crippen molar-refractivity contribution in [1.82, 2.24) is 5.32 Å². The van der Waals surface area contributed by atoms with Gasteiger partial charge >= 0.3 is 0 Å². The first-order valence-electron chi connectivity index (χ1n) is 4.81. The zero-order chi connectivity index (χ0) is 9.36. The van der Waals surface area contributed by atoms with Gasteiger partial charge in [0.1, 0.15) is 6.79 Å². The lowest BCUT2D eigenvalue weighted by atomic mass is 10.2. The van der Waals surface area contributed by atoms with Crippen molar-refractivity contribution in [3.63, 3.8) is 0 Å². The number of hydrogen-bond donors (Lipinski definition) is 1. The van der Waals surface area contributed by atoms with Crippen LogP contribution in [-0.4, -0.2) is 46.3 Å². The second-order valence-corrected chi connectivity index (χ2v) is 3.18. The quantitative estimate of drug-likeness (QED) is 0.464. The van der Waals surface area contributed by atoms with Crippen LogP contribution in [0.5, 0.6) is 0 Å². The molecule has 78 valence electrons. The van der Waals surface area contributed by atoms with Gasteiger partial charge in [-0.1, -0.05) is 0 Å². The van der Waals surface area contributed by atoms with E-state index in [1.807, 2.05) is 0 Å². The van der Waals surface area contributed by atoms with E-state index in [0.717, 1.165) is 13.2 Å². The summed E-state index contributed by atoms with van der Waals surface area (Å²) in [4.78, 5) is 0. The third-order valence-electron chi connectivity index (χ3n) is 2.08. The van der Waals surface area contributed by atoms with Crippen molar-refractivity contribution < 1.29 is 14.2 Å². The van der Waals surface area contributed by atoms with E-state index in [9.17, 15) is 0 Å². The molecule has 0 spiro atoms. The van der Waals surface area contributed by atoms with Gasteiger partial charge in [0, 0.05) is 13.2 Å². The van der Waals surface area contributed by atoms with E-state index in [0.29, 0.717) is 26.0 Å². The van der Waals surface area contributed by atoms with Crippen molar-refractivity contribution in [2.45, 2.75) is 18.9 Å². The van der Waals surface area contributed by atoms with Crippen LogP contribution in [0.1, 0.15) is 12.8 Å². The van der Waals surface area contributed by atoms with E-state index in [-0.39, 0.29) is 0 Å². The van der Waals surface area contributed by atoms with Gasteiger partial charge in [-0.2, -0.15) is 0 Å². The molecule has 0 unspecified atom stereocenters. The van der Waals surface area contributed by atoms with Crippen LogP contribution in [0, 0.1) is 0 Å². The second kappa shape index (κ2) is 7.26. The molecular formula is C9H19NO3. The molecule has 1 fully saturated rings. The van der Waals surface area contributed by atoms with Gasteiger partial charge < -0.3 is 19.5 Å². The molecule has 0 aliphatic carbocycles. The maximum Gasteiger partial charge on any atom is 0.146 e. The average Bonchev–Trinajstić information content (AvgIpc) is 2.63. The molecule has 0 amide bonds. The van der Waals surface area contributed by atoms with Gasteiger partial charge in [-0.05, 0) is 19.4 Å². The normalized spacial score (nSPS) is 22.4. The largest absolute Gasteiger partial charge is 0.382 e. The molecule has 1 aliphatic rings. The summed E-state index contributed by atoms with van der Waals surface area (Å²) in [6, 6.07) is 0.533. The minimum absolute atomic E-state index is 0.377. The Labute approximate surface area is 79.5 Å². The molecule has 0 aromatic rings. The fraction of sp³-hybridized carbons (Fsp3) is 1.00. The minimum Gasteiger partial charge on any atom is -0.382 e. The van der Waals surface area contributed by atoms with E-state index < -0.39 is 0 Å². The van der Waals surface area contributed by atoms with E-state index in [4.69, 9.17) is 14.2 Å². The molecule has 0 saturated carbocycles. The van der Waals surface area contributed by atoms with Crippen molar-refractivity contribution in [2.75, 3.05) is 40.3 Å². The summed E-state index contributed by atoms with van der Waals surface area (Å²) < 4.78 is 15.3. The minimum atomic E-state index is 0.377. The van der Waals surface area contributed by atoms with Crippen molar-refractivity contribution in [2.24, 2.45) is 0 Å². The molecule has 4 nitrogen and oxygen atoms in total. The third-order valence-corrected chi connectivity index (χ3v) is 2.08. The monoisotopic (exact) mass is 189 g/mol. The van der Waals surface area contributed by atoms with E-state index >= 15 is 0 Å². The highest BCUT2D eigenvalue weighted by Crippen LogP contribution is 2.04. The summed E-state index contributed by atoms with van der Waals surface area (Å²) in [7, 11) is 1.66. The summed E-state index contributed by atoms with van der Waals surface area (Å²) in [6.07, 6.45) is 2.48. The summed E-state index contributed by atoms with van der Waals surface area (Å²) in [5, 5.41) is 3.35. The zero-order valence-electron chi connectivity index (χ0n) is 8.25. The van der Waals surface area contributed by atoms with E-state index in [1.54, 1.807) is 7.11 Å². The van der Waals surface area contributed by atoms with Crippen LogP contribution in [-0.2, 0) is 14.2 Å². The zero-order valence-corrected chi connectivity index (χ0v) is 8.25. The molecule has 13 heavy (non-hydrogen) atoms. The maximum atomic E-state index is 5.32. The first kappa shape index (κ1) is 10.9. The highest BCUT2D eigenvalue weighted by molar-refractivity contribution is 4.72. The van der Waals surface area contributed by atoms with Gasteiger partial charge in [0.25, 0.3) is 0 Å². The van der Waals surface area contributed by atoms with E-state index in [1.165, 1.54) is 12.8 Å². The van der Waals surface area contributed by atoms with Gasteiger partial charge in [-0.25, -0.2) is 0 Å². The Kier molecular flexibility index (Phi) is 6.10. The molecule has 0 bridgehead atoms. The number of hydrogen-bond acceptors (Lipinski definition) is 4. The molecule has 1 N–H and O–H groups in total. The van der Waals surface area contributed by atoms with Gasteiger partial charge in [-0.3, -0.25) is 0 Å². The number of ether oxygens (including phenoxy) is 3. The van der Waals surface area contributed by atoms with Gasteiger partial charge in [0.15, 0.2) is 0 Å². The predicted octanol–water partition coefficient (Wildman–Crippen LogP) is 0.375. The Balaban J connectivity index is 1.78. The van der Waals surface area contributed by atoms with Crippen LogP contribution in [0.3, 0.4) is 0 Å². The molecule has 4 heteroatoms. The van der Waals surface area contributed by atoms with Crippen molar-refractivity contribution in [3.05, 3.63) is 0 Å². The van der Waals surface area contributed by atoms with Gasteiger partial charge in [0.05, 0.1) is 19.8 Å². The van der Waals surface area contributed by atoms with Crippen LogP contribution >= 0.6 is 0 Å². The molecule has 1 saturated heterocycles. The summed E-state index contributed by atoms with van der Waals surface area (Å²) in [6.45, 7) is 3.49. The standard InChI is InChI=1S/C9H19NO3/c1-11-5-6-12-8-13-7-9-3-2-4-10-9/h9-10H,2-8H2,1H3/t9-/m0/s1. The number of methoxy groups -OCH3 is 1. The fourth-order valence-corrected chi connectivity index (χ4v) is 1.35. The van der Waals surface area contributed by atoms with Crippen molar-refractivity contribution >= 4 is 0 Å². The van der Waals surface area contributed by atoms with E-state index in [2.05, 4.69) is 5.32 Å². The lowest BCUT2D eigenvalue weighted by Crippen LogP contribution is -2.27. The highest BCUT2D eigenvalue weighted by atomic mass is 16.7. The SMILES string of the molecule is COCCOCOC[C@@H]1CCCN1. The lowest BCUT2D eigenvalue weighted by molar-refractivity contribution is -0.0698. The van der Waals surface area contributed by atoms with Crippen molar-refractivity contribution in [1.29, 1.82) is 0 Å². The van der Waals surface area contributed by atoms with Crippen LogP contribution in [0.25, 0.3) is 0 Å². The van der Waals surface area contributed by atoms with Crippen LogP contribution in [0.2, 0.25) is 0 Å². The Hall–Kier alpha value is -0.160. The van der Waals surface area contributed by atoms with Crippen LogP contribution < -0.4 is 5.32 Å². The number of rotatable bonds is 7. The predicted molar refractivity (Wildman–Crippen MR) is 49.7 cm³/mol. The molecule has 1 aliphatic heterocycles. The summed E-state index contributed by atoms with van der Waals surface area (Å²) in [5.41, 5.74) is 0. The smallest absolute Gasteiger partial charge is 0.146 e. The summed E-state index contributed by atoms with van der Waals surface area (Å²) >= 11 is 0. The molecule has 0 radical (unpaired) electrons. The van der Waals surface area contributed by atoms with Gasteiger partial charge in [-0.15, -0.1) is 0 Å². The molecule has 0 aromatic carbocycles. The van der Waals surface area contributed by atoms with Crippen LogP contribution in [0.15, 0.2) is 0 Å². The first-order valence-corrected chi connectivity index (χ1v) is 4.81. The lowest BCUT2D eigenvalue weighted by Gasteiger charge is -2.10. The maximum absolute atomic E-state index is 5.32. The first-order chi connectivity index (χ1) is 6.43. The van der Waals surface area contributed by atoms with Crippen molar-refractivity contribution in [3.8, 4) is 0 Å². The van der Waals surface area contributed by atoms with Crippen LogP contribution in [0.4, 0.5) is 0 Å². The molecular weight excluding hydrogens is 170 g/mol. The third kappa shape index (κ3) is 5.21. The van der Waals surface area contributed by atoms with Gasteiger partial charge in [0.2, 0.25) is 0 Å². The Bertz CT molecular complexity index is 115. The molecule has 1 heterocycles. The molecule has 1 atom stereocenters. The average molecular weight is 189 g/mol. The fourth-order valence-electron chi connectivity index (χ4n) is 1.35. The number of nitrogens with one attached hydrogen (secondary N) is 1.